The normalized spacial score (nSPS) is 19.2. The van der Waals surface area contributed by atoms with Crippen molar-refractivity contribution in [1.29, 1.82) is 0 Å². The molecule has 1 aliphatic rings. The second-order valence-electron chi connectivity index (χ2n) is 4.63. The summed E-state index contributed by atoms with van der Waals surface area (Å²) >= 11 is 0. The number of nitrogens with one attached hydrogen (secondary N) is 2. The number of aryl methyl sites for hydroxylation is 1. The number of rotatable bonds is 4. The van der Waals surface area contributed by atoms with E-state index in [0.29, 0.717) is 11.5 Å². The van der Waals surface area contributed by atoms with Crippen LogP contribution in [0.4, 0.5) is 5.69 Å². The summed E-state index contributed by atoms with van der Waals surface area (Å²) in [6.45, 7) is 5.09. The van der Waals surface area contributed by atoms with Crippen LogP contribution in [0.3, 0.4) is 0 Å². The monoisotopic (exact) mass is 233 g/mol. The quantitative estimate of drug-likeness (QED) is 0.730. The van der Waals surface area contributed by atoms with Gasteiger partial charge in [-0.1, -0.05) is 0 Å². The maximum Gasteiger partial charge on any atom is 0.248 e. The largest absolute Gasteiger partial charge is 0.385 e. The summed E-state index contributed by atoms with van der Waals surface area (Å²) in [5.74, 6) is 0.333. The van der Waals surface area contributed by atoms with Crippen LogP contribution in [0.5, 0.6) is 0 Å². The van der Waals surface area contributed by atoms with Crippen LogP contribution in [0.1, 0.15) is 22.3 Å². The van der Waals surface area contributed by atoms with Crippen molar-refractivity contribution in [3.8, 4) is 0 Å². The average Bonchev–Trinajstić information content (AvgIpc) is 2.78. The molecule has 1 aliphatic heterocycles. The molecule has 1 aromatic rings. The molecule has 4 nitrogen and oxygen atoms in total. The Morgan fingerprint density at radius 3 is 3.00 bits per heavy atom. The van der Waals surface area contributed by atoms with E-state index in [1.165, 1.54) is 6.42 Å². The summed E-state index contributed by atoms with van der Waals surface area (Å²) in [6, 6.07) is 5.67. The zero-order valence-electron chi connectivity index (χ0n) is 10.1. The molecule has 1 atom stereocenters. The van der Waals surface area contributed by atoms with Gasteiger partial charge < -0.3 is 16.4 Å². The van der Waals surface area contributed by atoms with Crippen molar-refractivity contribution in [3.63, 3.8) is 0 Å². The van der Waals surface area contributed by atoms with Crippen molar-refractivity contribution in [2.75, 3.05) is 25.0 Å². The van der Waals surface area contributed by atoms with Gasteiger partial charge in [0.2, 0.25) is 5.91 Å². The Hall–Kier alpha value is -1.55. The molecule has 1 saturated heterocycles. The van der Waals surface area contributed by atoms with E-state index in [9.17, 15) is 4.79 Å². The van der Waals surface area contributed by atoms with Gasteiger partial charge in [0, 0.05) is 17.8 Å². The van der Waals surface area contributed by atoms with Gasteiger partial charge in [-0.15, -0.1) is 0 Å². The molecule has 0 aromatic heterocycles. The molecule has 0 radical (unpaired) electrons. The lowest BCUT2D eigenvalue weighted by Gasteiger charge is -2.12. The van der Waals surface area contributed by atoms with Crippen molar-refractivity contribution >= 4 is 11.6 Å². The molecule has 0 saturated carbocycles. The van der Waals surface area contributed by atoms with Gasteiger partial charge in [-0.2, -0.15) is 0 Å². The number of carbonyl (C=O) groups excluding carboxylic acids is 1. The van der Waals surface area contributed by atoms with E-state index in [2.05, 4.69) is 10.6 Å². The van der Waals surface area contributed by atoms with Crippen LogP contribution in [0, 0.1) is 12.8 Å². The minimum absolute atomic E-state index is 0.367. The predicted octanol–water partition coefficient (Wildman–Crippen LogP) is 1.12. The van der Waals surface area contributed by atoms with Crippen molar-refractivity contribution < 1.29 is 4.79 Å². The van der Waals surface area contributed by atoms with E-state index >= 15 is 0 Å². The molecule has 2 rings (SSSR count). The number of primary amides is 1. The van der Waals surface area contributed by atoms with Crippen LogP contribution in [-0.4, -0.2) is 25.5 Å². The first-order valence-electron chi connectivity index (χ1n) is 6.02. The van der Waals surface area contributed by atoms with Crippen LogP contribution < -0.4 is 16.4 Å². The zero-order valence-corrected chi connectivity index (χ0v) is 10.1. The Labute approximate surface area is 102 Å². The first kappa shape index (κ1) is 11.9. The number of carbonyl (C=O) groups is 1. The summed E-state index contributed by atoms with van der Waals surface area (Å²) in [5, 5.41) is 6.74. The van der Waals surface area contributed by atoms with Crippen molar-refractivity contribution in [2.24, 2.45) is 11.7 Å². The van der Waals surface area contributed by atoms with Gasteiger partial charge in [-0.3, -0.25) is 4.79 Å². The average molecular weight is 233 g/mol. The van der Waals surface area contributed by atoms with Crippen molar-refractivity contribution in [1.82, 2.24) is 5.32 Å². The number of amides is 1. The molecular formula is C13H19N3O. The molecule has 17 heavy (non-hydrogen) atoms. The van der Waals surface area contributed by atoms with E-state index in [4.69, 9.17) is 5.73 Å². The first-order chi connectivity index (χ1) is 8.16. The summed E-state index contributed by atoms with van der Waals surface area (Å²) in [6.07, 6.45) is 1.23. The van der Waals surface area contributed by atoms with Gasteiger partial charge in [0.15, 0.2) is 0 Å². The van der Waals surface area contributed by atoms with Gasteiger partial charge in [0.25, 0.3) is 0 Å². The van der Waals surface area contributed by atoms with E-state index in [-0.39, 0.29) is 5.91 Å². The van der Waals surface area contributed by atoms with Crippen LogP contribution >= 0.6 is 0 Å². The molecule has 1 fully saturated rings. The summed E-state index contributed by atoms with van der Waals surface area (Å²) in [5.41, 5.74) is 7.84. The molecule has 1 heterocycles. The highest BCUT2D eigenvalue weighted by Crippen LogP contribution is 2.16. The third kappa shape index (κ3) is 2.97. The SMILES string of the molecule is Cc1cc(NCC2CCNC2)ccc1C(N)=O. The fourth-order valence-corrected chi connectivity index (χ4v) is 2.20. The predicted molar refractivity (Wildman–Crippen MR) is 69.2 cm³/mol. The molecule has 1 aromatic carbocycles. The van der Waals surface area contributed by atoms with E-state index in [1.807, 2.05) is 19.1 Å². The number of hydrogen-bond acceptors (Lipinski definition) is 3. The van der Waals surface area contributed by atoms with E-state index < -0.39 is 0 Å². The highest BCUT2D eigenvalue weighted by Gasteiger charge is 2.13. The fourth-order valence-electron chi connectivity index (χ4n) is 2.20. The highest BCUT2D eigenvalue weighted by molar-refractivity contribution is 5.94. The molecule has 92 valence electrons. The van der Waals surface area contributed by atoms with Gasteiger partial charge in [-0.05, 0) is 56.1 Å². The summed E-state index contributed by atoms with van der Waals surface area (Å²) < 4.78 is 0. The van der Waals surface area contributed by atoms with Crippen molar-refractivity contribution in [3.05, 3.63) is 29.3 Å². The maximum absolute atomic E-state index is 11.1. The molecule has 4 N–H and O–H groups in total. The second kappa shape index (κ2) is 5.19. The van der Waals surface area contributed by atoms with Gasteiger partial charge in [0.05, 0.1) is 0 Å². The lowest BCUT2D eigenvalue weighted by molar-refractivity contribution is 0.1000. The van der Waals surface area contributed by atoms with E-state index in [0.717, 1.165) is 30.9 Å². The first-order valence-corrected chi connectivity index (χ1v) is 6.02. The molecule has 0 aliphatic carbocycles. The Kier molecular flexibility index (Phi) is 3.64. The zero-order chi connectivity index (χ0) is 12.3. The van der Waals surface area contributed by atoms with Gasteiger partial charge in [-0.25, -0.2) is 0 Å². The number of hydrogen-bond donors (Lipinski definition) is 3. The Balaban J connectivity index is 1.97. The number of nitrogens with two attached hydrogens (primary N) is 1. The topological polar surface area (TPSA) is 67.2 Å². The third-order valence-corrected chi connectivity index (χ3v) is 3.25. The molecule has 0 bridgehead atoms. The van der Waals surface area contributed by atoms with Crippen LogP contribution in [0.2, 0.25) is 0 Å². The van der Waals surface area contributed by atoms with Crippen LogP contribution in [0.25, 0.3) is 0 Å². The standard InChI is InChI=1S/C13H19N3O/c1-9-6-11(2-3-12(9)13(14)17)16-8-10-4-5-15-7-10/h2-3,6,10,15-16H,4-5,7-8H2,1H3,(H2,14,17). The molecule has 0 spiro atoms. The fraction of sp³-hybridized carbons (Fsp3) is 0.462. The lowest BCUT2D eigenvalue weighted by atomic mass is 10.1. The summed E-state index contributed by atoms with van der Waals surface area (Å²) in [4.78, 5) is 11.1. The number of anilines is 1. The number of benzene rings is 1. The maximum atomic E-state index is 11.1. The van der Waals surface area contributed by atoms with Crippen LogP contribution in [-0.2, 0) is 0 Å². The van der Waals surface area contributed by atoms with Crippen LogP contribution in [0.15, 0.2) is 18.2 Å². The second-order valence-corrected chi connectivity index (χ2v) is 4.63. The molecule has 1 unspecified atom stereocenters. The Morgan fingerprint density at radius 1 is 1.59 bits per heavy atom. The van der Waals surface area contributed by atoms with E-state index in [1.54, 1.807) is 6.07 Å². The summed E-state index contributed by atoms with van der Waals surface area (Å²) in [7, 11) is 0. The van der Waals surface area contributed by atoms with Crippen molar-refractivity contribution in [2.45, 2.75) is 13.3 Å². The lowest BCUT2D eigenvalue weighted by Crippen LogP contribution is -2.17. The molecule has 4 heteroatoms. The highest BCUT2D eigenvalue weighted by atomic mass is 16.1. The Bertz CT molecular complexity index is 411. The smallest absolute Gasteiger partial charge is 0.248 e. The van der Waals surface area contributed by atoms with Gasteiger partial charge >= 0.3 is 0 Å². The molecule has 1 amide bonds. The molecular weight excluding hydrogens is 214 g/mol. The minimum Gasteiger partial charge on any atom is -0.385 e. The minimum atomic E-state index is -0.367. The Morgan fingerprint density at radius 2 is 2.41 bits per heavy atom. The van der Waals surface area contributed by atoms with Gasteiger partial charge in [0.1, 0.15) is 0 Å². The third-order valence-electron chi connectivity index (χ3n) is 3.25.